The van der Waals surface area contributed by atoms with Crippen molar-refractivity contribution >= 4 is 38.8 Å². The Kier molecular flexibility index (Phi) is 5.84. The van der Waals surface area contributed by atoms with Crippen molar-refractivity contribution in [1.29, 1.82) is 0 Å². The Morgan fingerprint density at radius 3 is 2.39 bits per heavy atom. The number of carbonyl (C=O) groups excluding carboxylic acids is 1. The Balaban J connectivity index is 1.73. The fourth-order valence-corrected chi connectivity index (χ4v) is 5.74. The lowest BCUT2D eigenvalue weighted by molar-refractivity contribution is 0.0771. The predicted octanol–water partition coefficient (Wildman–Crippen LogP) is 7.79. The number of Topliss-reactive ketones (excluding diaryl/α,β-unsaturated/α-hetero) is 1. The second-order valence-corrected chi connectivity index (χ2v) is 11.5. The van der Waals surface area contributed by atoms with Crippen molar-refractivity contribution in [2.24, 2.45) is 5.92 Å². The molecule has 6 heteroatoms. The largest absolute Gasteiger partial charge is 0.489 e. The molecule has 1 aromatic heterocycles. The molecule has 2 aliphatic heterocycles. The second kappa shape index (κ2) is 8.98. The highest BCUT2D eigenvalue weighted by Gasteiger charge is 2.44. The van der Waals surface area contributed by atoms with Crippen LogP contribution in [0.5, 0.6) is 11.5 Å². The van der Waals surface area contributed by atoms with Crippen LogP contribution >= 0.6 is 15.9 Å². The van der Waals surface area contributed by atoms with Crippen LogP contribution in [0, 0.1) is 5.92 Å². The summed E-state index contributed by atoms with van der Waals surface area (Å²) < 4.78 is 19.9. The standard InChI is InChI=1S/C32H27BrO5/c1-17-18(2)36-29-22-14-15-32(3,4)38-30(22)26-23(19-8-6-5-7-9-19)16-24(34)37-31(26)27(29)25(17)28(35)20-10-12-21(33)13-11-20/h5-18,25H,1-4H3/t17-,18+,25-/m0/s1. The van der Waals surface area contributed by atoms with Crippen LogP contribution in [0.3, 0.4) is 0 Å². The topological polar surface area (TPSA) is 65.7 Å². The third-order valence-electron chi connectivity index (χ3n) is 7.56. The van der Waals surface area contributed by atoms with Gasteiger partial charge in [0.05, 0.1) is 23.0 Å². The molecule has 0 aliphatic carbocycles. The summed E-state index contributed by atoms with van der Waals surface area (Å²) in [7, 11) is 0. The normalized spacial score (nSPS) is 21.2. The first-order chi connectivity index (χ1) is 18.1. The Labute approximate surface area is 229 Å². The van der Waals surface area contributed by atoms with Crippen molar-refractivity contribution in [2.75, 3.05) is 0 Å². The van der Waals surface area contributed by atoms with E-state index in [2.05, 4.69) is 15.9 Å². The molecule has 0 radical (unpaired) electrons. The van der Waals surface area contributed by atoms with Gasteiger partial charge in [0.15, 0.2) is 11.4 Å². The minimum absolute atomic E-state index is 0.0450. The lowest BCUT2D eigenvalue weighted by atomic mass is 9.75. The van der Waals surface area contributed by atoms with Crippen LogP contribution in [0.15, 0.2) is 80.4 Å². The molecule has 0 fully saturated rings. The van der Waals surface area contributed by atoms with Crippen LogP contribution in [0.2, 0.25) is 0 Å². The van der Waals surface area contributed by atoms with Gasteiger partial charge >= 0.3 is 5.63 Å². The van der Waals surface area contributed by atoms with Gasteiger partial charge in [-0.1, -0.05) is 65.3 Å². The van der Waals surface area contributed by atoms with Gasteiger partial charge in [-0.05, 0) is 50.6 Å². The molecule has 0 unspecified atom stereocenters. The molecule has 4 aromatic rings. The van der Waals surface area contributed by atoms with E-state index >= 15 is 0 Å². The van der Waals surface area contributed by atoms with Crippen LogP contribution in [0.25, 0.3) is 28.2 Å². The number of rotatable bonds is 3. The average molecular weight is 571 g/mol. The van der Waals surface area contributed by atoms with Gasteiger partial charge in [0.1, 0.15) is 17.1 Å². The van der Waals surface area contributed by atoms with Crippen molar-refractivity contribution < 1.29 is 18.7 Å². The first-order valence-corrected chi connectivity index (χ1v) is 13.5. The Morgan fingerprint density at radius 2 is 1.68 bits per heavy atom. The molecule has 6 rings (SSSR count). The van der Waals surface area contributed by atoms with Crippen LogP contribution < -0.4 is 15.1 Å². The molecule has 0 amide bonds. The van der Waals surface area contributed by atoms with Crippen molar-refractivity contribution in [1.82, 2.24) is 0 Å². The summed E-state index contributed by atoms with van der Waals surface area (Å²) in [5, 5.41) is 0.668. The summed E-state index contributed by atoms with van der Waals surface area (Å²) in [6.45, 7) is 7.93. The lowest BCUT2D eigenvalue weighted by Gasteiger charge is -2.39. The van der Waals surface area contributed by atoms with Gasteiger partial charge in [-0.15, -0.1) is 0 Å². The van der Waals surface area contributed by atoms with Crippen LogP contribution in [0.4, 0.5) is 0 Å². The zero-order valence-electron chi connectivity index (χ0n) is 21.6. The molecule has 38 heavy (non-hydrogen) atoms. The minimum atomic E-state index is -0.585. The van der Waals surface area contributed by atoms with Crippen molar-refractivity contribution in [3.63, 3.8) is 0 Å². The maximum absolute atomic E-state index is 14.1. The number of fused-ring (bicyclic) bond motifs is 6. The molecule has 3 aromatic carbocycles. The molecule has 0 saturated heterocycles. The molecule has 3 atom stereocenters. The first-order valence-electron chi connectivity index (χ1n) is 12.7. The quantitative estimate of drug-likeness (QED) is 0.186. The summed E-state index contributed by atoms with van der Waals surface area (Å²) >= 11 is 3.46. The molecule has 3 heterocycles. The van der Waals surface area contributed by atoms with Gasteiger partial charge in [-0.3, -0.25) is 4.79 Å². The zero-order chi connectivity index (χ0) is 26.8. The number of halogens is 1. The molecule has 5 nitrogen and oxygen atoms in total. The van der Waals surface area contributed by atoms with Crippen LogP contribution in [-0.4, -0.2) is 17.5 Å². The number of ether oxygens (including phenoxy) is 2. The monoisotopic (exact) mass is 570 g/mol. The maximum atomic E-state index is 14.1. The first kappa shape index (κ1) is 24.7. The van der Waals surface area contributed by atoms with E-state index in [1.807, 2.05) is 94.4 Å². The van der Waals surface area contributed by atoms with Gasteiger partial charge in [0, 0.05) is 33.1 Å². The summed E-state index contributed by atoms with van der Waals surface area (Å²) in [4.78, 5) is 27.2. The van der Waals surface area contributed by atoms with Crippen molar-refractivity contribution in [3.05, 3.63) is 98.3 Å². The molecule has 2 aliphatic rings. The van der Waals surface area contributed by atoms with Crippen LogP contribution in [-0.2, 0) is 0 Å². The van der Waals surface area contributed by atoms with E-state index < -0.39 is 17.1 Å². The van der Waals surface area contributed by atoms with E-state index in [-0.39, 0.29) is 17.8 Å². The number of hydrogen-bond acceptors (Lipinski definition) is 5. The van der Waals surface area contributed by atoms with Gasteiger partial charge in [0.25, 0.3) is 0 Å². The van der Waals surface area contributed by atoms with Crippen LogP contribution in [0.1, 0.15) is 55.1 Å². The highest BCUT2D eigenvalue weighted by atomic mass is 79.9. The molecule has 0 spiro atoms. The van der Waals surface area contributed by atoms with E-state index in [9.17, 15) is 9.59 Å². The van der Waals surface area contributed by atoms with E-state index in [4.69, 9.17) is 13.9 Å². The molecule has 0 saturated carbocycles. The van der Waals surface area contributed by atoms with Gasteiger partial charge in [-0.2, -0.15) is 0 Å². The smallest absolute Gasteiger partial charge is 0.336 e. The third kappa shape index (κ3) is 3.99. The highest BCUT2D eigenvalue weighted by Crippen LogP contribution is 2.54. The van der Waals surface area contributed by atoms with Gasteiger partial charge < -0.3 is 13.9 Å². The summed E-state index contributed by atoms with van der Waals surface area (Å²) in [5.74, 6) is 0.325. The second-order valence-electron chi connectivity index (χ2n) is 10.6. The number of ketones is 1. The Hall–Kier alpha value is -3.64. The average Bonchev–Trinajstić information content (AvgIpc) is 2.89. The summed E-state index contributed by atoms with van der Waals surface area (Å²) in [5.41, 5.74) is 2.75. The third-order valence-corrected chi connectivity index (χ3v) is 8.09. The lowest BCUT2D eigenvalue weighted by Crippen LogP contribution is -2.37. The van der Waals surface area contributed by atoms with E-state index in [0.717, 1.165) is 15.6 Å². The molecule has 0 N–H and O–H groups in total. The summed E-state index contributed by atoms with van der Waals surface area (Å²) in [6.07, 6.45) is 3.74. The predicted molar refractivity (Wildman–Crippen MR) is 152 cm³/mol. The molecular weight excluding hydrogens is 544 g/mol. The number of hydrogen-bond donors (Lipinski definition) is 0. The molecule has 192 valence electrons. The van der Waals surface area contributed by atoms with E-state index in [0.29, 0.717) is 39.2 Å². The maximum Gasteiger partial charge on any atom is 0.336 e. The minimum Gasteiger partial charge on any atom is -0.489 e. The fourth-order valence-electron chi connectivity index (χ4n) is 5.48. The number of benzene rings is 3. The summed E-state index contributed by atoms with van der Waals surface area (Å²) in [6, 6.07) is 18.5. The Bertz CT molecular complexity index is 1660. The Morgan fingerprint density at radius 1 is 0.974 bits per heavy atom. The highest BCUT2D eigenvalue weighted by molar-refractivity contribution is 9.10. The molecular formula is C32H27BrO5. The van der Waals surface area contributed by atoms with Gasteiger partial charge in [0.2, 0.25) is 0 Å². The van der Waals surface area contributed by atoms with E-state index in [1.54, 1.807) is 0 Å². The van der Waals surface area contributed by atoms with Crippen molar-refractivity contribution in [3.8, 4) is 22.6 Å². The van der Waals surface area contributed by atoms with Gasteiger partial charge in [-0.25, -0.2) is 4.79 Å². The zero-order valence-corrected chi connectivity index (χ0v) is 23.2. The molecule has 0 bridgehead atoms. The number of carbonyl (C=O) groups is 1. The van der Waals surface area contributed by atoms with Crippen molar-refractivity contribution in [2.45, 2.75) is 45.3 Å². The fraction of sp³-hybridized carbons (Fsp3) is 0.250. The van der Waals surface area contributed by atoms with E-state index in [1.165, 1.54) is 6.07 Å². The SMILES string of the molecule is C[C@@H]1[C@H](C(=O)c2ccc(Br)cc2)c2c(c3c(c4c(-c5ccccc5)cc(=O)oc24)OC(C)(C)C=C3)O[C@@H]1C.